The van der Waals surface area contributed by atoms with Crippen LogP contribution in [0.4, 0.5) is 20.3 Å². The molecule has 0 aliphatic carbocycles. The van der Waals surface area contributed by atoms with Crippen molar-refractivity contribution < 1.29 is 35.9 Å². The standard InChI is InChI=1S/2C20H28N4O4S2/c2*1-14(2)12-17(23-30(26,27)16-6-4-15(3)5-7-16)19(25)22-20-21-13-18(29-20)24-8-10-28-11-9-24/h2*4-7,13-14,17,23H,8-12H2,1-3H3,(H,21,22,25)/t2*17-/m00/s1. The minimum atomic E-state index is -3.82. The summed E-state index contributed by atoms with van der Waals surface area (Å²) in [5.74, 6) is -0.576. The van der Waals surface area contributed by atoms with Crippen molar-refractivity contribution in [2.75, 3.05) is 73.0 Å². The van der Waals surface area contributed by atoms with Crippen LogP contribution in [-0.4, -0.2) is 103 Å². The highest BCUT2D eigenvalue weighted by Gasteiger charge is 2.29. The van der Waals surface area contributed by atoms with Gasteiger partial charge in [0.15, 0.2) is 10.3 Å². The van der Waals surface area contributed by atoms with Crippen molar-refractivity contribution in [1.29, 1.82) is 0 Å². The maximum absolute atomic E-state index is 12.9. The Balaban J connectivity index is 0.000000228. The Kier molecular flexibility index (Phi) is 17.0. The fraction of sp³-hybridized carbons (Fsp3) is 0.500. The number of carbonyl (C=O) groups excluding carboxylic acids is 2. The summed E-state index contributed by atoms with van der Waals surface area (Å²) in [5, 5.41) is 8.35. The van der Waals surface area contributed by atoms with Crippen molar-refractivity contribution in [3.63, 3.8) is 0 Å². The van der Waals surface area contributed by atoms with Gasteiger partial charge in [-0.1, -0.05) is 85.8 Å². The van der Waals surface area contributed by atoms with E-state index in [2.05, 4.69) is 39.8 Å². The molecule has 16 nitrogen and oxygen atoms in total. The van der Waals surface area contributed by atoms with Crippen molar-refractivity contribution in [3.05, 3.63) is 72.1 Å². The van der Waals surface area contributed by atoms with Gasteiger partial charge in [0.25, 0.3) is 0 Å². The van der Waals surface area contributed by atoms with E-state index in [1.54, 1.807) is 36.7 Å². The molecule has 2 fully saturated rings. The summed E-state index contributed by atoms with van der Waals surface area (Å²) in [5.41, 5.74) is 1.93. The molecule has 2 aromatic heterocycles. The molecule has 2 aromatic carbocycles. The van der Waals surface area contributed by atoms with Crippen LogP contribution in [0.25, 0.3) is 0 Å². The number of ether oxygens (including phenoxy) is 2. The minimum Gasteiger partial charge on any atom is -0.378 e. The fourth-order valence-corrected chi connectivity index (χ4v) is 10.4. The number of morpholine rings is 2. The zero-order valence-electron chi connectivity index (χ0n) is 34.8. The topological polar surface area (TPSA) is 201 Å². The SMILES string of the molecule is Cc1ccc(S(=O)(=O)N[C@@H](CC(C)C)C(=O)Nc2ncc(N3CCOCC3)s2)cc1.Cc1ccc(S(=O)(=O)N[C@@H](CC(C)C)C(=O)Nc2ncc(N3CCOCC3)s2)cc1. The summed E-state index contributed by atoms with van der Waals surface area (Å²) in [6.45, 7) is 17.3. The van der Waals surface area contributed by atoms with Crippen molar-refractivity contribution in [3.8, 4) is 0 Å². The lowest BCUT2D eigenvalue weighted by Gasteiger charge is -2.26. The minimum absolute atomic E-state index is 0.127. The van der Waals surface area contributed by atoms with E-state index in [1.807, 2.05) is 41.5 Å². The maximum Gasteiger partial charge on any atom is 0.244 e. The number of aromatic nitrogens is 2. The average Bonchev–Trinajstić information content (AvgIpc) is 3.88. The summed E-state index contributed by atoms with van der Waals surface area (Å²) < 4.78 is 67.0. The third kappa shape index (κ3) is 14.0. The van der Waals surface area contributed by atoms with Crippen LogP contribution in [0.1, 0.15) is 51.7 Å². The highest BCUT2D eigenvalue weighted by Crippen LogP contribution is 2.29. The normalized spacial score (nSPS) is 15.9. The van der Waals surface area contributed by atoms with Gasteiger partial charge < -0.3 is 29.9 Å². The van der Waals surface area contributed by atoms with Gasteiger partial charge >= 0.3 is 0 Å². The van der Waals surface area contributed by atoms with Gasteiger partial charge in [-0.15, -0.1) is 0 Å². The van der Waals surface area contributed by atoms with Crippen LogP contribution in [0, 0.1) is 25.7 Å². The molecule has 20 heteroatoms. The van der Waals surface area contributed by atoms with E-state index >= 15 is 0 Å². The second-order valence-corrected chi connectivity index (χ2v) is 20.9. The largest absolute Gasteiger partial charge is 0.378 e. The molecule has 328 valence electrons. The molecule has 4 heterocycles. The van der Waals surface area contributed by atoms with E-state index in [0.29, 0.717) is 49.5 Å². The van der Waals surface area contributed by atoms with Crippen molar-refractivity contribution in [2.45, 2.75) is 76.3 Å². The summed E-state index contributed by atoms with van der Waals surface area (Å²) in [6, 6.07) is 11.3. The van der Waals surface area contributed by atoms with Crippen LogP contribution in [0.2, 0.25) is 0 Å². The lowest BCUT2D eigenvalue weighted by atomic mass is 10.0. The number of amides is 2. The number of nitrogens with zero attached hydrogens (tertiary/aromatic N) is 4. The molecule has 6 rings (SSSR count). The lowest BCUT2D eigenvalue weighted by molar-refractivity contribution is -0.118. The number of hydrogen-bond acceptors (Lipinski definition) is 14. The van der Waals surface area contributed by atoms with Crippen molar-refractivity contribution >= 4 is 74.8 Å². The first-order valence-electron chi connectivity index (χ1n) is 19.9. The van der Waals surface area contributed by atoms with Crippen LogP contribution < -0.4 is 29.9 Å². The molecule has 2 amide bonds. The van der Waals surface area contributed by atoms with E-state index < -0.39 is 43.9 Å². The van der Waals surface area contributed by atoms with Gasteiger partial charge in [-0.05, 0) is 62.8 Å². The third-order valence-electron chi connectivity index (χ3n) is 9.40. The Labute approximate surface area is 361 Å². The van der Waals surface area contributed by atoms with E-state index in [1.165, 1.54) is 46.9 Å². The van der Waals surface area contributed by atoms with Gasteiger partial charge in [-0.25, -0.2) is 26.8 Å². The Hall–Kier alpha value is -4.02. The number of anilines is 4. The Morgan fingerprint density at radius 3 is 1.27 bits per heavy atom. The second kappa shape index (κ2) is 21.7. The zero-order chi connectivity index (χ0) is 43.5. The van der Waals surface area contributed by atoms with Crippen LogP contribution in [-0.2, 0) is 39.1 Å². The molecule has 4 aromatic rings. The maximum atomic E-state index is 12.9. The van der Waals surface area contributed by atoms with E-state index in [0.717, 1.165) is 47.3 Å². The van der Waals surface area contributed by atoms with Crippen LogP contribution in [0.3, 0.4) is 0 Å². The van der Waals surface area contributed by atoms with Crippen LogP contribution in [0.5, 0.6) is 0 Å². The second-order valence-electron chi connectivity index (χ2n) is 15.4. The number of hydrogen-bond donors (Lipinski definition) is 4. The van der Waals surface area contributed by atoms with Gasteiger partial charge in [0.1, 0.15) is 22.1 Å². The van der Waals surface area contributed by atoms with E-state index in [9.17, 15) is 26.4 Å². The van der Waals surface area contributed by atoms with Crippen LogP contribution in [0.15, 0.2) is 70.7 Å². The lowest BCUT2D eigenvalue weighted by Crippen LogP contribution is -2.44. The number of sulfonamides is 2. The molecule has 2 aliphatic heterocycles. The quantitative estimate of drug-likeness (QED) is 0.114. The molecule has 2 atom stereocenters. The molecule has 0 bridgehead atoms. The Bertz CT molecular complexity index is 2060. The number of carbonyl (C=O) groups is 2. The first-order valence-corrected chi connectivity index (χ1v) is 24.5. The molecule has 2 aliphatic rings. The third-order valence-corrected chi connectivity index (χ3v) is 14.3. The first-order chi connectivity index (χ1) is 28.5. The highest BCUT2D eigenvalue weighted by atomic mass is 32.2. The summed E-state index contributed by atoms with van der Waals surface area (Å²) in [6.07, 6.45) is 4.19. The van der Waals surface area contributed by atoms with Gasteiger partial charge in [-0.2, -0.15) is 9.44 Å². The van der Waals surface area contributed by atoms with Crippen LogP contribution >= 0.6 is 22.7 Å². The Morgan fingerprint density at radius 2 is 0.950 bits per heavy atom. The first kappa shape index (κ1) is 47.0. The van der Waals surface area contributed by atoms with Gasteiger partial charge in [0, 0.05) is 26.2 Å². The molecule has 60 heavy (non-hydrogen) atoms. The molecule has 4 N–H and O–H groups in total. The summed E-state index contributed by atoms with van der Waals surface area (Å²) in [7, 11) is -7.64. The predicted molar refractivity (Wildman–Crippen MR) is 237 cm³/mol. The van der Waals surface area contributed by atoms with Gasteiger partial charge in [0.2, 0.25) is 31.9 Å². The fourth-order valence-electron chi connectivity index (χ4n) is 6.20. The van der Waals surface area contributed by atoms with Crippen molar-refractivity contribution in [1.82, 2.24) is 19.4 Å². The van der Waals surface area contributed by atoms with E-state index in [4.69, 9.17) is 9.47 Å². The smallest absolute Gasteiger partial charge is 0.244 e. The number of rotatable bonds is 16. The molecular formula is C40H56N8O8S4. The Morgan fingerprint density at radius 1 is 0.617 bits per heavy atom. The van der Waals surface area contributed by atoms with Gasteiger partial charge in [0.05, 0.1) is 48.6 Å². The van der Waals surface area contributed by atoms with Crippen molar-refractivity contribution in [2.24, 2.45) is 11.8 Å². The molecule has 0 radical (unpaired) electrons. The molecule has 2 saturated heterocycles. The highest BCUT2D eigenvalue weighted by molar-refractivity contribution is 7.89. The summed E-state index contributed by atoms with van der Waals surface area (Å²) in [4.78, 5) is 38.9. The number of aryl methyl sites for hydroxylation is 2. The number of nitrogens with one attached hydrogen (secondary N) is 4. The number of benzene rings is 2. The van der Waals surface area contributed by atoms with E-state index in [-0.39, 0.29) is 21.6 Å². The molecule has 0 unspecified atom stereocenters. The average molecular weight is 905 g/mol. The summed E-state index contributed by atoms with van der Waals surface area (Å²) >= 11 is 2.74. The zero-order valence-corrected chi connectivity index (χ0v) is 38.1. The monoisotopic (exact) mass is 904 g/mol. The molecular weight excluding hydrogens is 849 g/mol. The predicted octanol–water partition coefficient (Wildman–Crippen LogP) is 5.24. The number of thiazole rings is 2. The van der Waals surface area contributed by atoms with Gasteiger partial charge in [-0.3, -0.25) is 9.59 Å². The molecule has 0 saturated carbocycles. The molecule has 0 spiro atoms.